The highest BCUT2D eigenvalue weighted by atomic mass is 16.1. The van der Waals surface area contributed by atoms with Gasteiger partial charge in [-0.3, -0.25) is 15.6 Å². The third kappa shape index (κ3) is 3.80. The van der Waals surface area contributed by atoms with Crippen molar-refractivity contribution in [3.05, 3.63) is 65.2 Å². The van der Waals surface area contributed by atoms with Crippen LogP contribution in [0.1, 0.15) is 21.5 Å². The van der Waals surface area contributed by atoms with E-state index in [1.165, 1.54) is 0 Å². The van der Waals surface area contributed by atoms with Crippen molar-refractivity contribution in [1.29, 1.82) is 10.7 Å². The number of nitrogens with one attached hydrogen (secondary N) is 2. The number of hydrogen-bond acceptors (Lipinski definition) is 5. The van der Waals surface area contributed by atoms with Gasteiger partial charge in [0.25, 0.3) is 0 Å². The minimum atomic E-state index is -0.442. The smallest absolute Gasteiger partial charge is 0.201 e. The summed E-state index contributed by atoms with van der Waals surface area (Å²) in [7, 11) is 0. The van der Waals surface area contributed by atoms with Crippen LogP contribution in [0.25, 0.3) is 0 Å². The minimum absolute atomic E-state index is 0.162. The molecule has 0 aliphatic rings. The van der Waals surface area contributed by atoms with Crippen LogP contribution in [-0.2, 0) is 0 Å². The predicted molar refractivity (Wildman–Crippen MR) is 89.6 cm³/mol. The number of hydrazone groups is 1. The second kappa shape index (κ2) is 7.00. The van der Waals surface area contributed by atoms with Crippen molar-refractivity contribution < 1.29 is 4.79 Å². The van der Waals surface area contributed by atoms with Gasteiger partial charge < -0.3 is 5.73 Å². The van der Waals surface area contributed by atoms with Gasteiger partial charge in [0.15, 0.2) is 11.6 Å². The van der Waals surface area contributed by atoms with Crippen LogP contribution >= 0.6 is 0 Å². The molecule has 114 valence electrons. The fraction of sp³-hybridized carbons (Fsp3) is 0.0588. The maximum atomic E-state index is 12.6. The van der Waals surface area contributed by atoms with E-state index >= 15 is 0 Å². The first-order chi connectivity index (χ1) is 11.0. The lowest BCUT2D eigenvalue weighted by atomic mass is 10.0. The first kappa shape index (κ1) is 15.9. The zero-order valence-electron chi connectivity index (χ0n) is 12.5. The molecule has 0 radical (unpaired) electrons. The molecule has 2 aromatic carbocycles. The molecule has 0 aliphatic heterocycles. The zero-order valence-corrected chi connectivity index (χ0v) is 12.5. The molecule has 0 saturated heterocycles. The van der Waals surface area contributed by atoms with Gasteiger partial charge >= 0.3 is 0 Å². The number of rotatable bonds is 5. The van der Waals surface area contributed by atoms with Crippen LogP contribution in [0.4, 0.5) is 5.69 Å². The normalized spacial score (nSPS) is 10.7. The Morgan fingerprint density at radius 3 is 2.48 bits per heavy atom. The van der Waals surface area contributed by atoms with Crippen LogP contribution in [0.3, 0.4) is 0 Å². The molecule has 0 aromatic heterocycles. The van der Waals surface area contributed by atoms with Gasteiger partial charge in [0.2, 0.25) is 5.71 Å². The molecule has 6 nitrogen and oxygen atoms in total. The number of carbonyl (C=O) groups excluding carboxylic acids is 1. The van der Waals surface area contributed by atoms with E-state index in [0.717, 1.165) is 5.56 Å². The molecule has 2 rings (SSSR count). The lowest BCUT2D eigenvalue weighted by Gasteiger charge is -2.08. The van der Waals surface area contributed by atoms with Crippen molar-refractivity contribution in [3.8, 4) is 6.07 Å². The summed E-state index contributed by atoms with van der Waals surface area (Å²) >= 11 is 0. The SMILES string of the molecule is Cc1ccc(C(=O)c2ccccc2N/N=C(\C#N)C(=N)N)cc1. The second-order valence-electron chi connectivity index (χ2n) is 4.84. The monoisotopic (exact) mass is 305 g/mol. The van der Waals surface area contributed by atoms with Gasteiger partial charge in [0, 0.05) is 11.1 Å². The number of carbonyl (C=O) groups is 1. The van der Waals surface area contributed by atoms with Crippen LogP contribution in [0.2, 0.25) is 0 Å². The van der Waals surface area contributed by atoms with Gasteiger partial charge in [-0.2, -0.15) is 10.4 Å². The van der Waals surface area contributed by atoms with Crippen molar-refractivity contribution in [3.63, 3.8) is 0 Å². The molecule has 0 bridgehead atoms. The Morgan fingerprint density at radius 1 is 1.22 bits per heavy atom. The molecular formula is C17H15N5O. The van der Waals surface area contributed by atoms with Crippen molar-refractivity contribution in [2.24, 2.45) is 10.8 Å². The summed E-state index contributed by atoms with van der Waals surface area (Å²) in [5.41, 5.74) is 10.1. The third-order valence-electron chi connectivity index (χ3n) is 3.13. The minimum Gasteiger partial charge on any atom is -0.382 e. The summed E-state index contributed by atoms with van der Waals surface area (Å²) < 4.78 is 0. The summed E-state index contributed by atoms with van der Waals surface area (Å²) in [6.45, 7) is 1.95. The van der Waals surface area contributed by atoms with Crippen LogP contribution in [0.15, 0.2) is 53.6 Å². The van der Waals surface area contributed by atoms with Gasteiger partial charge in [-0.1, -0.05) is 42.0 Å². The standard InChI is InChI=1S/C17H15N5O/c1-11-6-8-12(9-7-11)16(23)13-4-2-3-5-14(13)21-22-15(10-18)17(19)20/h2-9,21H,1H3,(H3,19,20)/b22-15+. The maximum absolute atomic E-state index is 12.6. The molecule has 6 heteroatoms. The van der Waals surface area contributed by atoms with E-state index in [1.54, 1.807) is 42.5 Å². The number of amidine groups is 1. The van der Waals surface area contributed by atoms with Gasteiger partial charge in [-0.25, -0.2) is 0 Å². The Morgan fingerprint density at radius 2 is 1.87 bits per heavy atom. The van der Waals surface area contributed by atoms with Gasteiger partial charge in [0.1, 0.15) is 6.07 Å². The van der Waals surface area contributed by atoms with E-state index < -0.39 is 5.84 Å². The molecule has 0 atom stereocenters. The summed E-state index contributed by atoms with van der Waals surface area (Å²) in [6.07, 6.45) is 0. The number of benzene rings is 2. The molecule has 23 heavy (non-hydrogen) atoms. The molecule has 0 spiro atoms. The average molecular weight is 305 g/mol. The fourth-order valence-corrected chi connectivity index (χ4v) is 1.90. The van der Waals surface area contributed by atoms with Gasteiger partial charge in [-0.05, 0) is 19.1 Å². The molecule has 0 saturated carbocycles. The van der Waals surface area contributed by atoms with Crippen molar-refractivity contribution >= 4 is 23.0 Å². The Kier molecular flexibility index (Phi) is 4.85. The van der Waals surface area contributed by atoms with Gasteiger partial charge in [0.05, 0.1) is 5.69 Å². The Labute approximate surface area is 133 Å². The Balaban J connectivity index is 2.34. The van der Waals surface area contributed by atoms with E-state index in [1.807, 2.05) is 19.1 Å². The number of anilines is 1. The lowest BCUT2D eigenvalue weighted by molar-refractivity contribution is 0.103. The van der Waals surface area contributed by atoms with Gasteiger partial charge in [-0.15, -0.1) is 0 Å². The second-order valence-corrected chi connectivity index (χ2v) is 4.84. The Bertz CT molecular complexity index is 816. The first-order valence-corrected chi connectivity index (χ1v) is 6.81. The summed E-state index contributed by atoms with van der Waals surface area (Å²) in [5, 5.41) is 19.8. The molecule has 0 aliphatic carbocycles. The van der Waals surface area contributed by atoms with Crippen LogP contribution in [0, 0.1) is 23.7 Å². The molecule has 2 aromatic rings. The number of ketones is 1. The number of aryl methyl sites for hydroxylation is 1. The van der Waals surface area contributed by atoms with E-state index in [4.69, 9.17) is 16.4 Å². The molecule has 0 amide bonds. The largest absolute Gasteiger partial charge is 0.382 e. The summed E-state index contributed by atoms with van der Waals surface area (Å²) in [6, 6.07) is 15.8. The average Bonchev–Trinajstić information content (AvgIpc) is 2.55. The number of para-hydroxylation sites is 1. The van der Waals surface area contributed by atoms with Crippen molar-refractivity contribution in [2.45, 2.75) is 6.92 Å². The lowest BCUT2D eigenvalue weighted by Crippen LogP contribution is -2.22. The number of nitrogens with zero attached hydrogens (tertiary/aromatic N) is 2. The molecule has 0 fully saturated rings. The van der Waals surface area contributed by atoms with Crippen molar-refractivity contribution in [1.82, 2.24) is 0 Å². The highest BCUT2D eigenvalue weighted by Crippen LogP contribution is 2.19. The van der Waals surface area contributed by atoms with Crippen LogP contribution in [0.5, 0.6) is 0 Å². The Hall–Kier alpha value is -3.46. The summed E-state index contributed by atoms with van der Waals surface area (Å²) in [5.74, 6) is -0.605. The number of hydrogen-bond donors (Lipinski definition) is 3. The van der Waals surface area contributed by atoms with Crippen LogP contribution < -0.4 is 11.2 Å². The topological polar surface area (TPSA) is 115 Å². The fourth-order valence-electron chi connectivity index (χ4n) is 1.90. The highest BCUT2D eigenvalue weighted by molar-refractivity contribution is 6.45. The zero-order chi connectivity index (χ0) is 16.8. The number of nitrogens with two attached hydrogens (primary N) is 1. The molecular weight excluding hydrogens is 290 g/mol. The summed E-state index contributed by atoms with van der Waals surface area (Å²) in [4.78, 5) is 12.6. The quantitative estimate of drug-likeness (QED) is 0.340. The third-order valence-corrected chi connectivity index (χ3v) is 3.13. The van der Waals surface area contributed by atoms with E-state index in [-0.39, 0.29) is 11.5 Å². The molecule has 0 heterocycles. The molecule has 0 unspecified atom stereocenters. The van der Waals surface area contributed by atoms with E-state index in [2.05, 4.69) is 10.5 Å². The van der Waals surface area contributed by atoms with E-state index in [9.17, 15) is 4.79 Å². The van der Waals surface area contributed by atoms with E-state index in [0.29, 0.717) is 16.8 Å². The predicted octanol–water partition coefficient (Wildman–Crippen LogP) is 2.45. The van der Waals surface area contributed by atoms with Crippen LogP contribution in [-0.4, -0.2) is 17.3 Å². The number of nitriles is 1. The first-order valence-electron chi connectivity index (χ1n) is 6.81. The highest BCUT2D eigenvalue weighted by Gasteiger charge is 2.13. The molecule has 4 N–H and O–H groups in total. The van der Waals surface area contributed by atoms with Crippen molar-refractivity contribution in [2.75, 3.05) is 5.43 Å². The maximum Gasteiger partial charge on any atom is 0.201 e.